The Balaban J connectivity index is 1.52. The number of thioether (sulfide) groups is 1. The quantitative estimate of drug-likeness (QED) is 0.756. The van der Waals surface area contributed by atoms with Gasteiger partial charge in [-0.3, -0.25) is 9.59 Å². The second-order valence-corrected chi connectivity index (χ2v) is 8.69. The molecule has 3 rings (SSSR count). The third-order valence-corrected chi connectivity index (χ3v) is 6.22. The Labute approximate surface area is 177 Å². The molecule has 1 atom stereocenters. The Hall–Kier alpha value is -2.31. The lowest BCUT2D eigenvalue weighted by atomic mass is 10.0. The highest BCUT2D eigenvalue weighted by atomic mass is 32.2. The van der Waals surface area contributed by atoms with E-state index in [4.69, 9.17) is 0 Å². The first kappa shape index (κ1) is 21.4. The molecule has 29 heavy (non-hydrogen) atoms. The molecule has 1 unspecified atom stereocenters. The van der Waals surface area contributed by atoms with Crippen LogP contribution in [-0.4, -0.2) is 49.7 Å². The van der Waals surface area contributed by atoms with Gasteiger partial charge in [0.05, 0.1) is 11.7 Å². The van der Waals surface area contributed by atoms with E-state index in [0.717, 1.165) is 16.3 Å². The van der Waals surface area contributed by atoms with E-state index in [-0.39, 0.29) is 30.7 Å². The number of para-hydroxylation sites is 1. The van der Waals surface area contributed by atoms with Crippen molar-refractivity contribution in [2.45, 2.75) is 30.7 Å². The molecule has 0 aromatic heterocycles. The minimum atomic E-state index is -0.0861. The zero-order valence-electron chi connectivity index (χ0n) is 17.4. The highest BCUT2D eigenvalue weighted by Crippen LogP contribution is 2.34. The van der Waals surface area contributed by atoms with E-state index < -0.39 is 0 Å². The number of rotatable bonds is 7. The van der Waals surface area contributed by atoms with Gasteiger partial charge in [0.2, 0.25) is 11.8 Å². The molecule has 1 aliphatic rings. The summed E-state index contributed by atoms with van der Waals surface area (Å²) in [5, 5.41) is 3.00. The Morgan fingerprint density at radius 3 is 2.55 bits per heavy atom. The summed E-state index contributed by atoms with van der Waals surface area (Å²) >= 11 is 1.77. The summed E-state index contributed by atoms with van der Waals surface area (Å²) in [7, 11) is 4.01. The molecular weight excluding hydrogens is 382 g/mol. The fraction of sp³-hybridized carbons (Fsp3) is 0.391. The minimum absolute atomic E-state index is 0.00981. The van der Waals surface area contributed by atoms with Crippen LogP contribution >= 0.6 is 11.8 Å². The standard InChI is InChI=1S/C23H29N3O2S/c1-17-8-10-18(11-9-17)20(25(2)3)16-24-22(27)12-13-23(28)26-14-15-29-21-7-5-4-6-19(21)26/h4-11,20H,12-16H2,1-3H3,(H,24,27). The molecule has 0 fully saturated rings. The van der Waals surface area contributed by atoms with E-state index in [1.807, 2.05) is 43.3 Å². The summed E-state index contributed by atoms with van der Waals surface area (Å²) < 4.78 is 0. The first-order valence-corrected chi connectivity index (χ1v) is 11.0. The van der Waals surface area contributed by atoms with Gasteiger partial charge in [0.25, 0.3) is 0 Å². The number of carbonyl (C=O) groups excluding carboxylic acids is 2. The van der Waals surface area contributed by atoms with E-state index in [0.29, 0.717) is 13.1 Å². The van der Waals surface area contributed by atoms with E-state index >= 15 is 0 Å². The molecule has 1 N–H and O–H groups in total. The van der Waals surface area contributed by atoms with E-state index in [9.17, 15) is 9.59 Å². The van der Waals surface area contributed by atoms with Crippen LogP contribution in [0, 0.1) is 6.92 Å². The highest BCUT2D eigenvalue weighted by molar-refractivity contribution is 7.99. The van der Waals surface area contributed by atoms with Crippen molar-refractivity contribution in [3.05, 3.63) is 59.7 Å². The van der Waals surface area contributed by atoms with Crippen LogP contribution in [0.5, 0.6) is 0 Å². The van der Waals surface area contributed by atoms with Gasteiger partial charge in [-0.05, 0) is 38.7 Å². The number of hydrogen-bond donors (Lipinski definition) is 1. The number of nitrogens with zero attached hydrogens (tertiary/aromatic N) is 2. The van der Waals surface area contributed by atoms with Crippen LogP contribution in [0.4, 0.5) is 5.69 Å². The number of carbonyl (C=O) groups is 2. The molecule has 6 heteroatoms. The predicted molar refractivity (Wildman–Crippen MR) is 119 cm³/mol. The summed E-state index contributed by atoms with van der Waals surface area (Å²) in [5.74, 6) is 0.809. The summed E-state index contributed by atoms with van der Waals surface area (Å²) in [6.45, 7) is 3.27. The van der Waals surface area contributed by atoms with Gasteiger partial charge in [-0.2, -0.15) is 0 Å². The Morgan fingerprint density at radius 1 is 1.10 bits per heavy atom. The Kier molecular flexibility index (Phi) is 7.34. The zero-order chi connectivity index (χ0) is 20.8. The average molecular weight is 412 g/mol. The second kappa shape index (κ2) is 9.94. The Bertz CT molecular complexity index is 851. The van der Waals surface area contributed by atoms with Crippen LogP contribution < -0.4 is 10.2 Å². The number of benzene rings is 2. The minimum Gasteiger partial charge on any atom is -0.354 e. The molecule has 0 bridgehead atoms. The lowest BCUT2D eigenvalue weighted by Crippen LogP contribution is -2.37. The van der Waals surface area contributed by atoms with Crippen LogP contribution in [0.25, 0.3) is 0 Å². The molecule has 0 saturated heterocycles. The van der Waals surface area contributed by atoms with Gasteiger partial charge in [-0.1, -0.05) is 42.0 Å². The van der Waals surface area contributed by atoms with Gasteiger partial charge in [0, 0.05) is 36.6 Å². The average Bonchev–Trinajstić information content (AvgIpc) is 2.72. The fourth-order valence-corrected chi connectivity index (χ4v) is 4.46. The summed E-state index contributed by atoms with van der Waals surface area (Å²) in [6, 6.07) is 16.4. The normalized spacial score (nSPS) is 14.4. The molecule has 0 saturated carbocycles. The largest absolute Gasteiger partial charge is 0.354 e. The predicted octanol–water partition coefficient (Wildman–Crippen LogP) is 3.63. The highest BCUT2D eigenvalue weighted by Gasteiger charge is 2.23. The lowest BCUT2D eigenvalue weighted by molar-refractivity contribution is -0.125. The Morgan fingerprint density at radius 2 is 1.83 bits per heavy atom. The lowest BCUT2D eigenvalue weighted by Gasteiger charge is -2.29. The maximum atomic E-state index is 12.7. The molecule has 2 aromatic rings. The molecule has 1 heterocycles. The first-order chi connectivity index (χ1) is 14.0. The third-order valence-electron chi connectivity index (χ3n) is 5.17. The molecule has 154 valence electrons. The van der Waals surface area contributed by atoms with E-state index in [1.165, 1.54) is 11.1 Å². The third kappa shape index (κ3) is 5.61. The van der Waals surface area contributed by atoms with Crippen LogP contribution in [0.3, 0.4) is 0 Å². The van der Waals surface area contributed by atoms with Gasteiger partial charge in [0.15, 0.2) is 0 Å². The number of likely N-dealkylation sites (N-methyl/N-ethyl adjacent to an activating group) is 1. The number of nitrogens with one attached hydrogen (secondary N) is 1. The SMILES string of the molecule is Cc1ccc(C(CNC(=O)CCC(=O)N2CCSc3ccccc32)N(C)C)cc1. The van der Waals surface area contributed by atoms with Crippen molar-refractivity contribution in [3.8, 4) is 0 Å². The van der Waals surface area contributed by atoms with Crippen LogP contribution in [0.15, 0.2) is 53.4 Å². The van der Waals surface area contributed by atoms with Gasteiger partial charge in [-0.25, -0.2) is 0 Å². The van der Waals surface area contributed by atoms with Gasteiger partial charge in [-0.15, -0.1) is 11.8 Å². The van der Waals surface area contributed by atoms with Gasteiger partial charge < -0.3 is 15.1 Å². The maximum Gasteiger partial charge on any atom is 0.227 e. The van der Waals surface area contributed by atoms with E-state index in [2.05, 4.69) is 41.4 Å². The smallest absolute Gasteiger partial charge is 0.227 e. The molecule has 0 spiro atoms. The number of aryl methyl sites for hydroxylation is 1. The molecular formula is C23H29N3O2S. The first-order valence-electron chi connectivity index (χ1n) is 9.97. The van der Waals surface area contributed by atoms with Crippen molar-refractivity contribution in [2.24, 2.45) is 0 Å². The molecule has 2 aromatic carbocycles. The fourth-order valence-electron chi connectivity index (χ4n) is 3.47. The van der Waals surface area contributed by atoms with Gasteiger partial charge >= 0.3 is 0 Å². The molecule has 0 radical (unpaired) electrons. The van der Waals surface area contributed by atoms with Crippen molar-refractivity contribution in [1.29, 1.82) is 0 Å². The molecule has 2 amide bonds. The van der Waals surface area contributed by atoms with Crippen LogP contribution in [0.2, 0.25) is 0 Å². The van der Waals surface area contributed by atoms with Crippen LogP contribution in [0.1, 0.15) is 30.0 Å². The van der Waals surface area contributed by atoms with Gasteiger partial charge in [0.1, 0.15) is 0 Å². The molecule has 5 nitrogen and oxygen atoms in total. The van der Waals surface area contributed by atoms with Crippen LogP contribution in [-0.2, 0) is 9.59 Å². The number of amides is 2. The summed E-state index contributed by atoms with van der Waals surface area (Å²) in [6.07, 6.45) is 0.431. The topological polar surface area (TPSA) is 52.7 Å². The van der Waals surface area contributed by atoms with Crippen molar-refractivity contribution in [2.75, 3.05) is 37.8 Å². The summed E-state index contributed by atoms with van der Waals surface area (Å²) in [5.41, 5.74) is 3.34. The van der Waals surface area contributed by atoms with Crippen molar-refractivity contribution < 1.29 is 9.59 Å². The zero-order valence-corrected chi connectivity index (χ0v) is 18.2. The van der Waals surface area contributed by atoms with E-state index in [1.54, 1.807) is 11.8 Å². The van der Waals surface area contributed by atoms with Crippen molar-refractivity contribution in [1.82, 2.24) is 10.2 Å². The number of fused-ring (bicyclic) bond motifs is 1. The molecule has 0 aliphatic carbocycles. The second-order valence-electron chi connectivity index (χ2n) is 7.56. The van der Waals surface area contributed by atoms with Crippen molar-refractivity contribution in [3.63, 3.8) is 0 Å². The number of anilines is 1. The number of hydrogen-bond acceptors (Lipinski definition) is 4. The van der Waals surface area contributed by atoms with Crippen molar-refractivity contribution >= 4 is 29.3 Å². The maximum absolute atomic E-state index is 12.7. The molecule has 1 aliphatic heterocycles. The summed E-state index contributed by atoms with van der Waals surface area (Å²) in [4.78, 5) is 30.1. The monoisotopic (exact) mass is 411 g/mol.